The highest BCUT2D eigenvalue weighted by molar-refractivity contribution is 7.86. The van der Waals surface area contributed by atoms with E-state index in [2.05, 4.69) is 0 Å². The van der Waals surface area contributed by atoms with Crippen molar-refractivity contribution in [2.75, 3.05) is 0 Å². The highest BCUT2D eigenvalue weighted by atomic mass is 32.2. The van der Waals surface area contributed by atoms with E-state index >= 15 is 0 Å². The molecule has 0 aromatic rings. The van der Waals surface area contributed by atoms with Gasteiger partial charge in [-0.3, -0.25) is 4.55 Å². The van der Waals surface area contributed by atoms with Crippen LogP contribution in [0.15, 0.2) is 0 Å². The first-order chi connectivity index (χ1) is 6.91. The molecule has 0 saturated carbocycles. The fourth-order valence-electron chi connectivity index (χ4n) is 1.52. The molecule has 2 atom stereocenters. The summed E-state index contributed by atoms with van der Waals surface area (Å²) < 4.78 is 30.6. The van der Waals surface area contributed by atoms with Crippen molar-refractivity contribution >= 4 is 10.1 Å². The van der Waals surface area contributed by atoms with Crippen molar-refractivity contribution in [2.24, 2.45) is 0 Å². The third-order valence-electron chi connectivity index (χ3n) is 2.66. The molecule has 0 aromatic carbocycles. The molecule has 0 aromatic heterocycles. The van der Waals surface area contributed by atoms with Gasteiger partial charge in [-0.15, -0.1) is 0 Å². The van der Waals surface area contributed by atoms with Gasteiger partial charge in [0.25, 0.3) is 10.1 Å². The van der Waals surface area contributed by atoms with Crippen LogP contribution in [0.1, 0.15) is 52.4 Å². The molecule has 5 heteroatoms. The van der Waals surface area contributed by atoms with E-state index in [9.17, 15) is 13.5 Å². The second-order valence-corrected chi connectivity index (χ2v) is 5.59. The van der Waals surface area contributed by atoms with Gasteiger partial charge in [0.2, 0.25) is 0 Å². The Balaban J connectivity index is 3.75. The van der Waals surface area contributed by atoms with Crippen LogP contribution in [-0.4, -0.2) is 29.4 Å². The van der Waals surface area contributed by atoms with E-state index < -0.39 is 15.4 Å². The summed E-state index contributed by atoms with van der Waals surface area (Å²) in [5.41, 5.74) is 0. The monoisotopic (exact) mass is 238 g/mol. The molecular formula is C10H22O4S. The normalized spacial score (nSPS) is 16.3. The van der Waals surface area contributed by atoms with Gasteiger partial charge < -0.3 is 5.11 Å². The molecular weight excluding hydrogens is 216 g/mol. The Labute approximate surface area is 92.4 Å². The maximum Gasteiger partial charge on any atom is 0.267 e. The fourth-order valence-corrected chi connectivity index (χ4v) is 2.41. The first kappa shape index (κ1) is 14.9. The summed E-state index contributed by atoms with van der Waals surface area (Å²) in [6.45, 7) is 3.66. The standard InChI is InChI=1S/C10H22O4S/c1-3-9(11)7-5-6-8-10(4-2)15(12,13)14/h9-11H,3-8H2,1-2H3,(H,12,13,14). The van der Waals surface area contributed by atoms with Gasteiger partial charge >= 0.3 is 0 Å². The second kappa shape index (κ2) is 7.19. The summed E-state index contributed by atoms with van der Waals surface area (Å²) >= 11 is 0. The van der Waals surface area contributed by atoms with E-state index in [1.165, 1.54) is 0 Å². The maximum absolute atomic E-state index is 10.9. The minimum absolute atomic E-state index is 0.282. The van der Waals surface area contributed by atoms with Crippen molar-refractivity contribution in [3.8, 4) is 0 Å². The van der Waals surface area contributed by atoms with Gasteiger partial charge in [0.15, 0.2) is 0 Å². The number of unbranched alkanes of at least 4 members (excludes halogenated alkanes) is 1. The molecule has 0 aliphatic carbocycles. The molecule has 0 rings (SSSR count). The molecule has 2 unspecified atom stereocenters. The van der Waals surface area contributed by atoms with Crippen molar-refractivity contribution in [1.29, 1.82) is 0 Å². The number of aliphatic hydroxyl groups excluding tert-OH is 1. The average molecular weight is 238 g/mol. The van der Waals surface area contributed by atoms with Gasteiger partial charge in [-0.25, -0.2) is 0 Å². The lowest BCUT2D eigenvalue weighted by atomic mass is 10.1. The van der Waals surface area contributed by atoms with Crippen LogP contribution in [0.3, 0.4) is 0 Å². The predicted octanol–water partition coefficient (Wildman–Crippen LogP) is 1.98. The zero-order valence-electron chi connectivity index (χ0n) is 9.52. The number of rotatable bonds is 8. The SMILES string of the molecule is CCC(O)CCCCC(CC)S(=O)(=O)O. The van der Waals surface area contributed by atoms with Crippen LogP contribution in [0.2, 0.25) is 0 Å². The Bertz CT molecular complexity index is 248. The highest BCUT2D eigenvalue weighted by Gasteiger charge is 2.19. The van der Waals surface area contributed by atoms with E-state index in [1.807, 2.05) is 6.92 Å². The Kier molecular flexibility index (Phi) is 7.13. The smallest absolute Gasteiger partial charge is 0.267 e. The summed E-state index contributed by atoms with van der Waals surface area (Å²) in [5, 5.41) is 8.63. The third kappa shape index (κ3) is 6.87. The molecule has 0 aliphatic heterocycles. The Morgan fingerprint density at radius 1 is 1.07 bits per heavy atom. The van der Waals surface area contributed by atoms with E-state index in [4.69, 9.17) is 4.55 Å². The van der Waals surface area contributed by atoms with Crippen LogP contribution in [0.4, 0.5) is 0 Å². The van der Waals surface area contributed by atoms with Gasteiger partial charge in [-0.1, -0.05) is 26.7 Å². The lowest BCUT2D eigenvalue weighted by molar-refractivity contribution is 0.156. The van der Waals surface area contributed by atoms with Crippen molar-refractivity contribution in [3.63, 3.8) is 0 Å². The number of aliphatic hydroxyl groups is 1. The van der Waals surface area contributed by atoms with Crippen molar-refractivity contribution in [3.05, 3.63) is 0 Å². The largest absolute Gasteiger partial charge is 0.393 e. The van der Waals surface area contributed by atoms with Crippen molar-refractivity contribution < 1.29 is 18.1 Å². The van der Waals surface area contributed by atoms with Gasteiger partial charge in [0, 0.05) is 0 Å². The van der Waals surface area contributed by atoms with E-state index in [0.717, 1.165) is 19.3 Å². The molecule has 0 bridgehead atoms. The number of hydrogen-bond donors (Lipinski definition) is 2. The summed E-state index contributed by atoms with van der Waals surface area (Å²) in [7, 11) is -3.88. The summed E-state index contributed by atoms with van der Waals surface area (Å²) in [4.78, 5) is 0. The van der Waals surface area contributed by atoms with E-state index in [0.29, 0.717) is 19.3 Å². The summed E-state index contributed by atoms with van der Waals surface area (Å²) in [5.74, 6) is 0. The van der Waals surface area contributed by atoms with Gasteiger partial charge in [-0.05, 0) is 25.7 Å². The molecule has 0 spiro atoms. The van der Waals surface area contributed by atoms with Crippen LogP contribution in [-0.2, 0) is 10.1 Å². The van der Waals surface area contributed by atoms with Crippen LogP contribution < -0.4 is 0 Å². The molecule has 0 fully saturated rings. The van der Waals surface area contributed by atoms with Crippen molar-refractivity contribution in [1.82, 2.24) is 0 Å². The fraction of sp³-hybridized carbons (Fsp3) is 1.00. The average Bonchev–Trinajstić information content (AvgIpc) is 2.15. The summed E-state index contributed by atoms with van der Waals surface area (Å²) in [6.07, 6.45) is 3.61. The Hall–Kier alpha value is -0.130. The van der Waals surface area contributed by atoms with Crippen LogP contribution in [0.25, 0.3) is 0 Å². The topological polar surface area (TPSA) is 74.6 Å². The van der Waals surface area contributed by atoms with Crippen LogP contribution in [0.5, 0.6) is 0 Å². The van der Waals surface area contributed by atoms with E-state index in [1.54, 1.807) is 6.92 Å². The first-order valence-electron chi connectivity index (χ1n) is 5.56. The molecule has 4 nitrogen and oxygen atoms in total. The first-order valence-corrected chi connectivity index (χ1v) is 7.06. The summed E-state index contributed by atoms with van der Waals surface area (Å²) in [6, 6.07) is 0. The number of hydrogen-bond acceptors (Lipinski definition) is 3. The van der Waals surface area contributed by atoms with Gasteiger partial charge in [0.05, 0.1) is 11.4 Å². The Morgan fingerprint density at radius 2 is 1.60 bits per heavy atom. The second-order valence-electron chi connectivity index (χ2n) is 3.89. The Morgan fingerprint density at radius 3 is 2.00 bits per heavy atom. The van der Waals surface area contributed by atoms with Crippen LogP contribution in [0, 0.1) is 0 Å². The molecule has 0 aliphatic rings. The lowest BCUT2D eigenvalue weighted by Crippen LogP contribution is -2.19. The predicted molar refractivity (Wildman–Crippen MR) is 60.4 cm³/mol. The van der Waals surface area contributed by atoms with Gasteiger partial charge in [-0.2, -0.15) is 8.42 Å². The maximum atomic E-state index is 10.9. The zero-order chi connectivity index (χ0) is 11.9. The third-order valence-corrected chi connectivity index (χ3v) is 4.07. The quantitative estimate of drug-likeness (QED) is 0.501. The molecule has 92 valence electrons. The minimum atomic E-state index is -3.88. The van der Waals surface area contributed by atoms with Crippen molar-refractivity contribution in [2.45, 2.75) is 63.7 Å². The van der Waals surface area contributed by atoms with Crippen LogP contribution >= 0.6 is 0 Å². The molecule has 15 heavy (non-hydrogen) atoms. The zero-order valence-corrected chi connectivity index (χ0v) is 10.3. The van der Waals surface area contributed by atoms with E-state index in [-0.39, 0.29) is 6.10 Å². The molecule has 0 saturated heterocycles. The molecule has 0 amide bonds. The minimum Gasteiger partial charge on any atom is -0.393 e. The lowest BCUT2D eigenvalue weighted by Gasteiger charge is -2.12. The molecule has 0 radical (unpaired) electrons. The van der Waals surface area contributed by atoms with Gasteiger partial charge in [0.1, 0.15) is 0 Å². The molecule has 2 N–H and O–H groups in total. The highest BCUT2D eigenvalue weighted by Crippen LogP contribution is 2.14. The molecule has 0 heterocycles.